The molecule has 0 N–H and O–H groups in total. The zero-order chi connectivity index (χ0) is 7.82. The van der Waals surface area contributed by atoms with Crippen LogP contribution >= 0.6 is 11.8 Å². The van der Waals surface area contributed by atoms with E-state index >= 15 is 0 Å². The molecule has 1 atom stereocenters. The average Bonchev–Trinajstić information content (AvgIpc) is 1.98. The highest BCUT2D eigenvalue weighted by molar-refractivity contribution is 7.99. The lowest BCUT2D eigenvalue weighted by Crippen LogP contribution is -1.96. The maximum atomic E-state index is 2.33. The Kier molecular flexibility index (Phi) is 7.72. The first-order chi connectivity index (χ1) is 4.81. The Balaban J connectivity index is 2.89. The third-order valence-corrected chi connectivity index (χ3v) is 3.12. The van der Waals surface area contributed by atoms with E-state index in [4.69, 9.17) is 0 Å². The normalized spacial score (nSPS) is 13.5. The predicted molar refractivity (Wildman–Crippen MR) is 51.7 cm³/mol. The van der Waals surface area contributed by atoms with Crippen molar-refractivity contribution >= 4 is 11.8 Å². The van der Waals surface area contributed by atoms with Crippen molar-refractivity contribution in [1.82, 2.24) is 0 Å². The summed E-state index contributed by atoms with van der Waals surface area (Å²) < 4.78 is 0. The molecule has 10 heavy (non-hydrogen) atoms. The van der Waals surface area contributed by atoms with Gasteiger partial charge in [0.2, 0.25) is 0 Å². The summed E-state index contributed by atoms with van der Waals surface area (Å²) in [6.45, 7) is 6.85. The van der Waals surface area contributed by atoms with Gasteiger partial charge in [-0.05, 0) is 23.8 Å². The van der Waals surface area contributed by atoms with Gasteiger partial charge in [0.05, 0.1) is 0 Å². The third-order valence-electron chi connectivity index (χ3n) is 1.74. The SMILES string of the molecule is CCCCSCC(C)CC. The van der Waals surface area contributed by atoms with Gasteiger partial charge in [-0.15, -0.1) is 0 Å². The molecule has 0 aromatic rings. The molecule has 0 spiro atoms. The van der Waals surface area contributed by atoms with Gasteiger partial charge in [-0.3, -0.25) is 0 Å². The fourth-order valence-corrected chi connectivity index (χ4v) is 1.95. The first-order valence-electron chi connectivity index (χ1n) is 4.39. The summed E-state index contributed by atoms with van der Waals surface area (Å²) in [5, 5.41) is 0. The summed E-state index contributed by atoms with van der Waals surface area (Å²) in [6.07, 6.45) is 4.06. The van der Waals surface area contributed by atoms with Gasteiger partial charge in [-0.2, -0.15) is 11.8 Å². The molecule has 0 fully saturated rings. The molecule has 0 rings (SSSR count). The quantitative estimate of drug-likeness (QED) is 0.535. The maximum Gasteiger partial charge on any atom is -0.00419 e. The molecule has 0 bridgehead atoms. The minimum atomic E-state index is 0.918. The van der Waals surface area contributed by atoms with E-state index < -0.39 is 0 Å². The lowest BCUT2D eigenvalue weighted by atomic mass is 10.2. The van der Waals surface area contributed by atoms with E-state index in [-0.39, 0.29) is 0 Å². The molecule has 0 aromatic heterocycles. The van der Waals surface area contributed by atoms with Crippen LogP contribution in [0.25, 0.3) is 0 Å². The van der Waals surface area contributed by atoms with Gasteiger partial charge < -0.3 is 0 Å². The molecule has 62 valence electrons. The van der Waals surface area contributed by atoms with Gasteiger partial charge in [-0.25, -0.2) is 0 Å². The second kappa shape index (κ2) is 7.46. The summed E-state index contributed by atoms with van der Waals surface area (Å²) in [4.78, 5) is 0. The lowest BCUT2D eigenvalue weighted by molar-refractivity contribution is 0.636. The second-order valence-corrected chi connectivity index (χ2v) is 4.09. The fraction of sp³-hybridized carbons (Fsp3) is 1.00. The molecule has 0 amide bonds. The van der Waals surface area contributed by atoms with Gasteiger partial charge >= 0.3 is 0 Å². The summed E-state index contributed by atoms with van der Waals surface area (Å²) in [5.41, 5.74) is 0. The van der Waals surface area contributed by atoms with E-state index in [0.717, 1.165) is 5.92 Å². The van der Waals surface area contributed by atoms with Gasteiger partial charge in [0.15, 0.2) is 0 Å². The van der Waals surface area contributed by atoms with E-state index in [2.05, 4.69) is 32.5 Å². The van der Waals surface area contributed by atoms with Crippen LogP contribution in [0.4, 0.5) is 0 Å². The van der Waals surface area contributed by atoms with Gasteiger partial charge in [0.1, 0.15) is 0 Å². The molecular weight excluding hydrogens is 140 g/mol. The minimum Gasteiger partial charge on any atom is -0.162 e. The molecule has 0 aliphatic carbocycles. The molecule has 0 nitrogen and oxygen atoms in total. The van der Waals surface area contributed by atoms with Crippen LogP contribution in [0, 0.1) is 5.92 Å². The Bertz CT molecular complexity index is 61.7. The first-order valence-corrected chi connectivity index (χ1v) is 5.54. The number of thioether (sulfide) groups is 1. The Morgan fingerprint density at radius 1 is 1.30 bits per heavy atom. The summed E-state index contributed by atoms with van der Waals surface area (Å²) >= 11 is 2.11. The Labute approximate surface area is 69.8 Å². The Morgan fingerprint density at radius 3 is 2.50 bits per heavy atom. The number of hydrogen-bond acceptors (Lipinski definition) is 1. The van der Waals surface area contributed by atoms with Crippen LogP contribution in [0.3, 0.4) is 0 Å². The standard InChI is InChI=1S/C9H20S/c1-4-6-7-10-8-9(3)5-2/h9H,4-8H2,1-3H3. The van der Waals surface area contributed by atoms with Crippen LogP contribution in [0.2, 0.25) is 0 Å². The molecule has 0 aromatic carbocycles. The van der Waals surface area contributed by atoms with Gasteiger partial charge in [-0.1, -0.05) is 33.6 Å². The summed E-state index contributed by atoms with van der Waals surface area (Å²) in [6, 6.07) is 0. The molecular formula is C9H20S. The topological polar surface area (TPSA) is 0 Å². The van der Waals surface area contributed by atoms with Crippen molar-refractivity contribution < 1.29 is 0 Å². The van der Waals surface area contributed by atoms with Crippen molar-refractivity contribution in [2.75, 3.05) is 11.5 Å². The van der Waals surface area contributed by atoms with Crippen LogP contribution in [0.15, 0.2) is 0 Å². The minimum absolute atomic E-state index is 0.918. The number of unbranched alkanes of at least 4 members (excludes halogenated alkanes) is 1. The van der Waals surface area contributed by atoms with E-state index in [9.17, 15) is 0 Å². The van der Waals surface area contributed by atoms with E-state index in [0.29, 0.717) is 0 Å². The van der Waals surface area contributed by atoms with Crippen molar-refractivity contribution in [3.05, 3.63) is 0 Å². The molecule has 0 saturated heterocycles. The number of rotatable bonds is 6. The second-order valence-electron chi connectivity index (χ2n) is 2.94. The Morgan fingerprint density at radius 2 is 2.00 bits per heavy atom. The van der Waals surface area contributed by atoms with E-state index in [1.54, 1.807) is 0 Å². The highest BCUT2D eigenvalue weighted by Gasteiger charge is 1.96. The first kappa shape index (κ1) is 10.3. The molecule has 0 radical (unpaired) electrons. The smallest absolute Gasteiger partial charge is 0.00419 e. The van der Waals surface area contributed by atoms with Crippen molar-refractivity contribution in [3.8, 4) is 0 Å². The van der Waals surface area contributed by atoms with Crippen molar-refractivity contribution in [2.45, 2.75) is 40.0 Å². The van der Waals surface area contributed by atoms with Crippen LogP contribution in [0.5, 0.6) is 0 Å². The molecule has 0 aliphatic heterocycles. The largest absolute Gasteiger partial charge is 0.162 e. The highest BCUT2D eigenvalue weighted by atomic mass is 32.2. The zero-order valence-corrected chi connectivity index (χ0v) is 8.34. The summed E-state index contributed by atoms with van der Waals surface area (Å²) in [5.74, 6) is 3.64. The van der Waals surface area contributed by atoms with Crippen LogP contribution < -0.4 is 0 Å². The summed E-state index contributed by atoms with van der Waals surface area (Å²) in [7, 11) is 0. The highest BCUT2D eigenvalue weighted by Crippen LogP contribution is 2.12. The number of hydrogen-bond donors (Lipinski definition) is 0. The van der Waals surface area contributed by atoms with Gasteiger partial charge in [0, 0.05) is 0 Å². The van der Waals surface area contributed by atoms with Gasteiger partial charge in [0.25, 0.3) is 0 Å². The molecule has 1 unspecified atom stereocenters. The predicted octanol–water partition coefficient (Wildman–Crippen LogP) is 3.57. The van der Waals surface area contributed by atoms with Crippen LogP contribution in [-0.2, 0) is 0 Å². The third kappa shape index (κ3) is 6.47. The fourth-order valence-electron chi connectivity index (χ4n) is 0.649. The maximum absolute atomic E-state index is 2.33. The van der Waals surface area contributed by atoms with Crippen molar-refractivity contribution in [3.63, 3.8) is 0 Å². The Hall–Kier alpha value is 0.350. The molecule has 0 aliphatic rings. The monoisotopic (exact) mass is 160 g/mol. The molecule has 0 saturated carbocycles. The molecule has 1 heteroatoms. The molecule has 0 heterocycles. The lowest BCUT2D eigenvalue weighted by Gasteiger charge is -2.06. The van der Waals surface area contributed by atoms with Crippen molar-refractivity contribution in [1.29, 1.82) is 0 Å². The van der Waals surface area contributed by atoms with E-state index in [1.165, 1.54) is 30.8 Å². The van der Waals surface area contributed by atoms with E-state index in [1.807, 2.05) is 0 Å². The van der Waals surface area contributed by atoms with Crippen LogP contribution in [0.1, 0.15) is 40.0 Å². The van der Waals surface area contributed by atoms with Crippen LogP contribution in [-0.4, -0.2) is 11.5 Å². The van der Waals surface area contributed by atoms with Crippen molar-refractivity contribution in [2.24, 2.45) is 5.92 Å². The average molecular weight is 160 g/mol. The zero-order valence-electron chi connectivity index (χ0n) is 7.52.